The number of nitrogen functional groups attached to an aromatic ring is 1. The second kappa shape index (κ2) is 14.7. The van der Waals surface area contributed by atoms with Gasteiger partial charge in [0.25, 0.3) is 11.8 Å². The molecule has 4 aromatic rings. The molecule has 2 aliphatic rings. The summed E-state index contributed by atoms with van der Waals surface area (Å²) in [5.41, 5.74) is 8.57. The normalized spacial score (nSPS) is 21.2. The third kappa shape index (κ3) is 7.37. The lowest BCUT2D eigenvalue weighted by Gasteiger charge is -2.32. The summed E-state index contributed by atoms with van der Waals surface area (Å²) >= 11 is 3.60. The number of ether oxygens (including phenoxy) is 1. The first-order chi connectivity index (χ1) is 24.3. The van der Waals surface area contributed by atoms with Crippen molar-refractivity contribution >= 4 is 59.0 Å². The van der Waals surface area contributed by atoms with E-state index < -0.39 is 31.5 Å². The van der Waals surface area contributed by atoms with Crippen LogP contribution in [-0.2, 0) is 33.0 Å². The summed E-state index contributed by atoms with van der Waals surface area (Å²) in [6.07, 6.45) is -0.786. The van der Waals surface area contributed by atoms with Crippen molar-refractivity contribution in [2.24, 2.45) is 5.92 Å². The number of rotatable bonds is 11. The Kier molecular flexibility index (Phi) is 10.5. The Labute approximate surface area is 307 Å². The summed E-state index contributed by atoms with van der Waals surface area (Å²) < 4.78 is 7.66. The fourth-order valence-corrected chi connectivity index (χ4v) is 10.6. The summed E-state index contributed by atoms with van der Waals surface area (Å²) in [5, 5.41) is 12.7. The minimum absolute atomic E-state index is 0.0487. The highest BCUT2D eigenvalue weighted by Crippen LogP contribution is 2.60. The van der Waals surface area contributed by atoms with Gasteiger partial charge in [-0.2, -0.15) is 0 Å². The standard InChI is InChI=1S/C39H43BrN4O6Si/c1-25-36(51(2,3)49)34(22-35(46)43(18-19-45)23-26-8-5-4-6-9-26)50-39(25)32-21-29(40)14-17-33(32)44(38(39)48)24-27-10-7-11-31(20-27)42-37(47)28-12-15-30(41)16-13-28/h4-17,20-21,25,34,36,45,49H,18-19,22-24,41H2,1-3H3,(H,42,47)/t25-,34+,36-,39+/m1/s1. The van der Waals surface area contributed by atoms with Gasteiger partial charge in [0, 0.05) is 51.5 Å². The van der Waals surface area contributed by atoms with Crippen LogP contribution in [0.4, 0.5) is 17.1 Å². The summed E-state index contributed by atoms with van der Waals surface area (Å²) in [6.45, 7) is 6.06. The number of amides is 3. The maximum Gasteiger partial charge on any atom is 0.264 e. The number of carbonyl (C=O) groups is 3. The summed E-state index contributed by atoms with van der Waals surface area (Å²) in [5.74, 6) is -1.23. The van der Waals surface area contributed by atoms with Crippen LogP contribution in [0.25, 0.3) is 0 Å². The van der Waals surface area contributed by atoms with Crippen molar-refractivity contribution in [3.05, 3.63) is 124 Å². The van der Waals surface area contributed by atoms with Crippen molar-refractivity contribution < 1.29 is 29.0 Å². The van der Waals surface area contributed by atoms with Gasteiger partial charge in [0.15, 0.2) is 13.9 Å². The molecular weight excluding hydrogens is 728 g/mol. The van der Waals surface area contributed by atoms with Crippen LogP contribution in [0.3, 0.4) is 0 Å². The molecule has 1 fully saturated rings. The fraction of sp³-hybridized carbons (Fsp3) is 0.308. The van der Waals surface area contributed by atoms with Gasteiger partial charge in [-0.25, -0.2) is 0 Å². The molecule has 0 bridgehead atoms. The highest BCUT2D eigenvalue weighted by Gasteiger charge is 2.66. The molecule has 4 atom stereocenters. The third-order valence-corrected chi connectivity index (χ3v) is 13.0. The van der Waals surface area contributed by atoms with E-state index in [0.29, 0.717) is 34.7 Å². The Bertz CT molecular complexity index is 1920. The first kappa shape index (κ1) is 36.5. The molecule has 0 saturated carbocycles. The van der Waals surface area contributed by atoms with E-state index in [2.05, 4.69) is 21.2 Å². The van der Waals surface area contributed by atoms with E-state index in [1.54, 1.807) is 40.1 Å². The molecule has 4 aromatic carbocycles. The maximum atomic E-state index is 14.9. The molecule has 0 radical (unpaired) electrons. The van der Waals surface area contributed by atoms with E-state index in [0.717, 1.165) is 15.6 Å². The molecule has 3 amide bonds. The van der Waals surface area contributed by atoms with Crippen molar-refractivity contribution in [3.8, 4) is 0 Å². The van der Waals surface area contributed by atoms with Crippen molar-refractivity contribution in [1.29, 1.82) is 0 Å². The number of aliphatic hydroxyl groups excluding tert-OH is 1. The number of halogens is 1. The highest BCUT2D eigenvalue weighted by atomic mass is 79.9. The Balaban J connectivity index is 1.29. The van der Waals surface area contributed by atoms with E-state index in [-0.39, 0.29) is 43.8 Å². The van der Waals surface area contributed by atoms with Crippen LogP contribution < -0.4 is 16.0 Å². The number of nitrogens with one attached hydrogen (secondary N) is 1. The van der Waals surface area contributed by atoms with Crippen LogP contribution in [0.15, 0.2) is 102 Å². The second-order valence-electron chi connectivity index (χ2n) is 13.9. The van der Waals surface area contributed by atoms with Gasteiger partial charge < -0.3 is 35.5 Å². The molecule has 1 spiro atoms. The van der Waals surface area contributed by atoms with Gasteiger partial charge in [0.05, 0.1) is 31.4 Å². The number of carbonyl (C=O) groups excluding carboxylic acids is 3. The highest BCUT2D eigenvalue weighted by molar-refractivity contribution is 9.10. The van der Waals surface area contributed by atoms with Crippen LogP contribution in [-0.4, -0.2) is 60.1 Å². The Morgan fingerprint density at radius 2 is 1.71 bits per heavy atom. The maximum absolute atomic E-state index is 14.9. The van der Waals surface area contributed by atoms with Gasteiger partial charge in [0.2, 0.25) is 5.91 Å². The van der Waals surface area contributed by atoms with Crippen LogP contribution in [0, 0.1) is 5.92 Å². The molecule has 2 aliphatic heterocycles. The largest absolute Gasteiger partial charge is 0.432 e. The number of nitrogens with two attached hydrogens (primary N) is 1. The van der Waals surface area contributed by atoms with Crippen LogP contribution in [0.5, 0.6) is 0 Å². The molecule has 12 heteroatoms. The number of hydrogen-bond donors (Lipinski definition) is 4. The van der Waals surface area contributed by atoms with Gasteiger partial charge in [-0.1, -0.05) is 65.3 Å². The molecule has 10 nitrogen and oxygen atoms in total. The molecular formula is C39H43BrN4O6Si. The zero-order valence-corrected chi connectivity index (χ0v) is 31.5. The monoisotopic (exact) mass is 770 g/mol. The lowest BCUT2D eigenvalue weighted by molar-refractivity contribution is -0.150. The van der Waals surface area contributed by atoms with Crippen molar-refractivity contribution in [2.75, 3.05) is 29.1 Å². The number of fused-ring (bicyclic) bond motifs is 2. The zero-order chi connectivity index (χ0) is 36.5. The summed E-state index contributed by atoms with van der Waals surface area (Å²) in [4.78, 5) is 56.7. The molecule has 266 valence electrons. The van der Waals surface area contributed by atoms with Crippen molar-refractivity contribution in [3.63, 3.8) is 0 Å². The third-order valence-electron chi connectivity index (χ3n) is 9.96. The van der Waals surface area contributed by atoms with Crippen LogP contribution in [0.1, 0.15) is 40.4 Å². The number of nitrogens with zero attached hydrogens (tertiary/aromatic N) is 2. The lowest BCUT2D eigenvalue weighted by atomic mass is 9.82. The van der Waals surface area contributed by atoms with Gasteiger partial charge in [-0.15, -0.1) is 0 Å². The van der Waals surface area contributed by atoms with E-state index in [1.807, 2.05) is 86.7 Å². The topological polar surface area (TPSA) is 145 Å². The average Bonchev–Trinajstić information content (AvgIpc) is 3.51. The summed E-state index contributed by atoms with van der Waals surface area (Å²) in [6, 6.07) is 29.2. The molecule has 0 aromatic heterocycles. The van der Waals surface area contributed by atoms with Gasteiger partial charge in [0.1, 0.15) is 0 Å². The molecule has 0 unspecified atom stereocenters. The Morgan fingerprint density at radius 1 is 1.00 bits per heavy atom. The van der Waals surface area contributed by atoms with Crippen molar-refractivity contribution in [1.82, 2.24) is 4.90 Å². The number of aliphatic hydroxyl groups is 1. The molecule has 1 saturated heterocycles. The van der Waals surface area contributed by atoms with E-state index in [4.69, 9.17) is 10.5 Å². The van der Waals surface area contributed by atoms with Crippen LogP contribution in [0.2, 0.25) is 18.6 Å². The molecule has 2 heterocycles. The molecule has 6 rings (SSSR count). The number of benzene rings is 4. The van der Waals surface area contributed by atoms with E-state index in [1.165, 1.54) is 0 Å². The average molecular weight is 772 g/mol. The van der Waals surface area contributed by atoms with E-state index in [9.17, 15) is 24.3 Å². The van der Waals surface area contributed by atoms with Gasteiger partial charge in [-0.05, 0) is 78.8 Å². The quantitative estimate of drug-likeness (QED) is 0.108. The smallest absolute Gasteiger partial charge is 0.264 e. The second-order valence-corrected chi connectivity index (χ2v) is 18.8. The molecule has 51 heavy (non-hydrogen) atoms. The molecule has 0 aliphatic carbocycles. The summed E-state index contributed by atoms with van der Waals surface area (Å²) in [7, 11) is -3.03. The number of hydrogen-bond acceptors (Lipinski definition) is 7. The Morgan fingerprint density at radius 3 is 2.39 bits per heavy atom. The first-order valence-electron chi connectivity index (χ1n) is 17.0. The van der Waals surface area contributed by atoms with Crippen molar-refractivity contribution in [2.45, 2.75) is 56.8 Å². The minimum atomic E-state index is -3.03. The van der Waals surface area contributed by atoms with Gasteiger partial charge in [-0.3, -0.25) is 14.4 Å². The first-order valence-corrected chi connectivity index (χ1v) is 20.8. The van der Waals surface area contributed by atoms with Crippen LogP contribution >= 0.6 is 15.9 Å². The van der Waals surface area contributed by atoms with E-state index >= 15 is 0 Å². The predicted molar refractivity (Wildman–Crippen MR) is 203 cm³/mol. The number of anilines is 3. The fourth-order valence-electron chi connectivity index (χ4n) is 7.69. The minimum Gasteiger partial charge on any atom is -0.432 e. The lowest BCUT2D eigenvalue weighted by Crippen LogP contribution is -2.46. The SMILES string of the molecule is C[C@@H]1[C@@H]([Si](C)(C)O)[C@H](CC(=O)N(CCO)Cc2ccccc2)O[C@@]12C(=O)N(Cc1cccc(NC(=O)c3ccc(N)cc3)c1)c1ccc(Br)cc12. The Hall–Kier alpha value is -4.33. The predicted octanol–water partition coefficient (Wildman–Crippen LogP) is 6.04. The van der Waals surface area contributed by atoms with Gasteiger partial charge >= 0.3 is 0 Å². The molecule has 5 N–H and O–H groups in total. The zero-order valence-electron chi connectivity index (χ0n) is 28.9.